The predicted molar refractivity (Wildman–Crippen MR) is 150 cm³/mol. The van der Waals surface area contributed by atoms with Crippen molar-refractivity contribution in [3.05, 3.63) is 39.6 Å². The number of nitrogens with one attached hydrogen (secondary N) is 2. The first-order valence-corrected chi connectivity index (χ1v) is 14.3. The maximum atomic E-state index is 12.6. The van der Waals surface area contributed by atoms with Gasteiger partial charge in [-0.05, 0) is 72.3 Å². The van der Waals surface area contributed by atoms with E-state index in [0.29, 0.717) is 48.3 Å². The van der Waals surface area contributed by atoms with Crippen LogP contribution in [0.5, 0.6) is 0 Å². The second kappa shape index (κ2) is 11.5. The first kappa shape index (κ1) is 28.0. The minimum atomic E-state index is -2.58. The number of rotatable bonds is 9. The monoisotopic (exact) mass is 629 g/mol. The Balaban J connectivity index is 1.41. The fourth-order valence-electron chi connectivity index (χ4n) is 4.98. The van der Waals surface area contributed by atoms with Crippen LogP contribution in [-0.4, -0.2) is 54.9 Å². The van der Waals surface area contributed by atoms with Gasteiger partial charge in [0, 0.05) is 29.6 Å². The van der Waals surface area contributed by atoms with Gasteiger partial charge in [0.25, 0.3) is 6.43 Å². The molecule has 3 aromatic heterocycles. The highest BCUT2D eigenvalue weighted by atomic mass is 79.9. The van der Waals surface area contributed by atoms with Crippen molar-refractivity contribution in [1.82, 2.24) is 35.3 Å². The largest absolute Gasteiger partial charge is 0.351 e. The summed E-state index contributed by atoms with van der Waals surface area (Å²) in [4.78, 5) is 21.7. The standard InChI is InChI=1S/C26H26BrF2N9OS/c1-14-35-36-23(40-14)18-6-5-17(10-15(18)4-3-9-30)38-22-19(21(27)37-38)12-32-25(34-22)33-16-7-8-26(2,11-16)24(39)31-13-20(28)29/h5-6,10,12,16,20H,3-4,7-8,11,13H2,1-2H3,(H,31,39)(H,32,33,34)/t16-,26-/m1/s1. The average Bonchev–Trinajstić information content (AvgIpc) is 3.63. The van der Waals surface area contributed by atoms with Crippen LogP contribution in [0.3, 0.4) is 0 Å². The van der Waals surface area contributed by atoms with Gasteiger partial charge in [-0.3, -0.25) is 4.79 Å². The highest BCUT2D eigenvalue weighted by Crippen LogP contribution is 2.39. The van der Waals surface area contributed by atoms with Gasteiger partial charge in [-0.1, -0.05) is 18.3 Å². The van der Waals surface area contributed by atoms with Gasteiger partial charge in [0.15, 0.2) is 5.65 Å². The summed E-state index contributed by atoms with van der Waals surface area (Å²) in [5, 5.41) is 30.3. The van der Waals surface area contributed by atoms with E-state index in [0.717, 1.165) is 32.2 Å². The van der Waals surface area contributed by atoms with Crippen molar-refractivity contribution in [3.63, 3.8) is 0 Å². The number of fused-ring (bicyclic) bond motifs is 1. The van der Waals surface area contributed by atoms with Gasteiger partial charge in [-0.2, -0.15) is 15.3 Å². The number of halogens is 3. The van der Waals surface area contributed by atoms with E-state index in [4.69, 9.17) is 4.98 Å². The molecule has 0 spiro atoms. The number of carbonyl (C=O) groups excluding carboxylic acids is 1. The number of aromatic nitrogens is 6. The third-order valence-corrected chi connectivity index (χ3v) is 8.47. The maximum Gasteiger partial charge on any atom is 0.255 e. The van der Waals surface area contributed by atoms with Gasteiger partial charge in [-0.15, -0.1) is 10.2 Å². The number of carbonyl (C=O) groups is 1. The minimum absolute atomic E-state index is 0.0909. The molecule has 1 aliphatic rings. The molecule has 1 saturated carbocycles. The third-order valence-electron chi connectivity index (χ3n) is 7.02. The number of anilines is 1. The smallest absolute Gasteiger partial charge is 0.255 e. The second-order valence-electron chi connectivity index (χ2n) is 10.0. The van der Waals surface area contributed by atoms with E-state index < -0.39 is 18.4 Å². The quantitative estimate of drug-likeness (QED) is 0.257. The molecule has 14 heteroatoms. The van der Waals surface area contributed by atoms with Crippen molar-refractivity contribution in [1.29, 1.82) is 5.26 Å². The zero-order chi connectivity index (χ0) is 28.4. The van der Waals surface area contributed by atoms with Crippen molar-refractivity contribution >= 4 is 50.2 Å². The Morgan fingerprint density at radius 1 is 1.38 bits per heavy atom. The summed E-state index contributed by atoms with van der Waals surface area (Å²) < 4.78 is 27.4. The Morgan fingerprint density at radius 2 is 2.20 bits per heavy atom. The molecule has 40 heavy (non-hydrogen) atoms. The van der Waals surface area contributed by atoms with Crippen molar-refractivity contribution < 1.29 is 13.6 Å². The van der Waals surface area contributed by atoms with Gasteiger partial charge in [0.1, 0.15) is 14.6 Å². The normalized spacial score (nSPS) is 18.8. The topological polar surface area (TPSA) is 134 Å². The Morgan fingerprint density at radius 3 is 2.92 bits per heavy atom. The van der Waals surface area contributed by atoms with Gasteiger partial charge in [-0.25, -0.2) is 18.4 Å². The fourth-order valence-corrected chi connectivity index (χ4v) is 6.17. The van der Waals surface area contributed by atoms with E-state index in [1.54, 1.807) is 17.8 Å². The molecule has 1 aliphatic carbocycles. The Bertz CT molecular complexity index is 1600. The van der Waals surface area contributed by atoms with Crippen LogP contribution < -0.4 is 10.6 Å². The lowest BCUT2D eigenvalue weighted by Gasteiger charge is -2.23. The van der Waals surface area contributed by atoms with Gasteiger partial charge < -0.3 is 10.6 Å². The number of alkyl halides is 2. The van der Waals surface area contributed by atoms with Gasteiger partial charge in [0.05, 0.1) is 23.7 Å². The number of aryl methyl sites for hydroxylation is 2. The van der Waals surface area contributed by atoms with E-state index in [-0.39, 0.29) is 11.9 Å². The minimum Gasteiger partial charge on any atom is -0.351 e. The summed E-state index contributed by atoms with van der Waals surface area (Å²) >= 11 is 5.00. The van der Waals surface area contributed by atoms with E-state index >= 15 is 0 Å². The van der Waals surface area contributed by atoms with Crippen molar-refractivity contribution in [2.24, 2.45) is 5.41 Å². The van der Waals surface area contributed by atoms with Crippen LogP contribution in [0.25, 0.3) is 27.3 Å². The van der Waals surface area contributed by atoms with Crippen molar-refractivity contribution in [2.45, 2.75) is 58.4 Å². The molecule has 0 unspecified atom stereocenters. The molecule has 1 aromatic carbocycles. The number of nitrogens with zero attached hydrogens (tertiary/aromatic N) is 7. The molecule has 4 aromatic rings. The Kier molecular flexibility index (Phi) is 8.04. The summed E-state index contributed by atoms with van der Waals surface area (Å²) in [7, 11) is 0. The van der Waals surface area contributed by atoms with E-state index in [2.05, 4.69) is 52.9 Å². The van der Waals surface area contributed by atoms with Gasteiger partial charge in [0.2, 0.25) is 11.9 Å². The molecule has 2 N–H and O–H groups in total. The highest BCUT2D eigenvalue weighted by Gasteiger charge is 2.41. The molecular weight excluding hydrogens is 604 g/mol. The Labute approximate surface area is 241 Å². The zero-order valence-electron chi connectivity index (χ0n) is 21.8. The van der Waals surface area contributed by atoms with Crippen molar-refractivity contribution in [2.75, 3.05) is 11.9 Å². The molecule has 1 fully saturated rings. The molecule has 0 aliphatic heterocycles. The highest BCUT2D eigenvalue weighted by molar-refractivity contribution is 9.10. The maximum absolute atomic E-state index is 12.6. The molecule has 0 radical (unpaired) electrons. The van der Waals surface area contributed by atoms with E-state index in [1.807, 2.05) is 25.1 Å². The van der Waals surface area contributed by atoms with Crippen LogP contribution in [-0.2, 0) is 11.2 Å². The van der Waals surface area contributed by atoms with Gasteiger partial charge >= 0.3 is 0 Å². The number of nitriles is 1. The van der Waals surface area contributed by atoms with Crippen LogP contribution in [0.2, 0.25) is 0 Å². The summed E-state index contributed by atoms with van der Waals surface area (Å²) in [6.07, 6.45) is 1.72. The molecule has 10 nitrogen and oxygen atoms in total. The second-order valence-corrected chi connectivity index (χ2v) is 11.9. The van der Waals surface area contributed by atoms with Crippen LogP contribution in [0.1, 0.15) is 43.2 Å². The summed E-state index contributed by atoms with van der Waals surface area (Å²) in [5.74, 6) is 0.0175. The number of amides is 1. The summed E-state index contributed by atoms with van der Waals surface area (Å²) in [5.41, 5.74) is 2.49. The lowest BCUT2D eigenvalue weighted by molar-refractivity contribution is -0.130. The predicted octanol–water partition coefficient (Wildman–Crippen LogP) is 5.21. The summed E-state index contributed by atoms with van der Waals surface area (Å²) in [6, 6.07) is 7.99. The fraction of sp³-hybridized carbons (Fsp3) is 0.423. The molecule has 2 atom stereocenters. The number of benzene rings is 1. The molecule has 3 heterocycles. The first-order valence-electron chi connectivity index (χ1n) is 12.7. The van der Waals surface area contributed by atoms with E-state index in [9.17, 15) is 18.8 Å². The lowest BCUT2D eigenvalue weighted by Crippen LogP contribution is -2.40. The molecule has 1 amide bonds. The van der Waals surface area contributed by atoms with Crippen LogP contribution >= 0.6 is 27.3 Å². The molecular formula is C26H26BrF2N9OS. The molecule has 0 bridgehead atoms. The van der Waals surface area contributed by atoms with Crippen LogP contribution in [0.15, 0.2) is 29.0 Å². The van der Waals surface area contributed by atoms with Crippen LogP contribution in [0, 0.1) is 23.7 Å². The van der Waals surface area contributed by atoms with Crippen molar-refractivity contribution in [3.8, 4) is 22.3 Å². The molecule has 5 rings (SSSR count). The van der Waals surface area contributed by atoms with E-state index in [1.165, 1.54) is 11.3 Å². The molecule has 0 saturated heterocycles. The molecule has 208 valence electrons. The lowest BCUT2D eigenvalue weighted by atomic mass is 9.87. The average molecular weight is 631 g/mol. The third kappa shape index (κ3) is 5.80. The summed E-state index contributed by atoms with van der Waals surface area (Å²) in [6.45, 7) is 3.05. The van der Waals surface area contributed by atoms with Crippen LogP contribution in [0.4, 0.5) is 14.7 Å². The SMILES string of the molecule is Cc1nnc(-c2ccc(-n3nc(Br)c4cnc(N[C@@H]5CC[C@@](C)(C(=O)NCC(F)F)C5)nc43)cc2CCC#N)s1. The number of hydrogen-bond acceptors (Lipinski definition) is 9. The number of hydrogen-bond donors (Lipinski definition) is 2. The Hall–Kier alpha value is -3.57. The first-order chi connectivity index (χ1) is 19.2. The zero-order valence-corrected chi connectivity index (χ0v) is 24.2.